The molecule has 1 unspecified atom stereocenters. The second-order valence-electron chi connectivity index (χ2n) is 4.66. The van der Waals surface area contributed by atoms with Crippen LogP contribution in [0.25, 0.3) is 0 Å². The first-order chi connectivity index (χ1) is 7.91. The summed E-state index contributed by atoms with van der Waals surface area (Å²) in [5, 5.41) is 9.20. The van der Waals surface area contributed by atoms with Gasteiger partial charge in [-0.15, -0.1) is 0 Å². The van der Waals surface area contributed by atoms with Crippen molar-refractivity contribution in [3.8, 4) is 0 Å². The molecule has 1 rings (SSSR count). The van der Waals surface area contributed by atoms with Crippen molar-refractivity contribution in [1.29, 1.82) is 0 Å². The van der Waals surface area contributed by atoms with E-state index in [2.05, 4.69) is 0 Å². The highest BCUT2D eigenvalue weighted by atomic mass is 16.4. The number of carbonyl (C=O) groups excluding carboxylic acids is 1. The molecule has 0 saturated carbocycles. The largest absolute Gasteiger partial charge is 0.480 e. The molecule has 0 aromatic rings. The maximum atomic E-state index is 11.2. The molecular weight excluding hydrogens is 222 g/mol. The van der Waals surface area contributed by atoms with Crippen LogP contribution in [0.5, 0.6) is 0 Å². The Labute approximate surface area is 102 Å². The van der Waals surface area contributed by atoms with Crippen molar-refractivity contribution >= 4 is 11.9 Å². The Hall–Kier alpha value is -1.14. The summed E-state index contributed by atoms with van der Waals surface area (Å²) in [6.45, 7) is 4.54. The number of carboxylic acids is 1. The summed E-state index contributed by atoms with van der Waals surface area (Å²) in [4.78, 5) is 27.9. The van der Waals surface area contributed by atoms with E-state index in [1.807, 2.05) is 23.9 Å². The van der Waals surface area contributed by atoms with Crippen molar-refractivity contribution in [2.45, 2.75) is 13.0 Å². The Kier molecular flexibility index (Phi) is 4.89. The van der Waals surface area contributed by atoms with Crippen LogP contribution in [0.2, 0.25) is 0 Å². The van der Waals surface area contributed by atoms with E-state index in [0.717, 1.165) is 0 Å². The average Bonchev–Trinajstić information content (AvgIpc) is 2.25. The van der Waals surface area contributed by atoms with Crippen LogP contribution in [0, 0.1) is 0 Å². The standard InChI is InChI=1S/C11H21N3O3/c1-9(15)13-4-6-14(7-5-13)10(11(16)17)8-12(2)3/h10H,4-8H2,1-3H3,(H,16,17). The van der Waals surface area contributed by atoms with E-state index in [-0.39, 0.29) is 5.91 Å². The van der Waals surface area contributed by atoms with Gasteiger partial charge in [-0.05, 0) is 14.1 Å². The Morgan fingerprint density at radius 2 is 1.76 bits per heavy atom. The van der Waals surface area contributed by atoms with Gasteiger partial charge in [0, 0.05) is 39.6 Å². The molecule has 6 nitrogen and oxygen atoms in total. The van der Waals surface area contributed by atoms with Crippen LogP contribution in [-0.4, -0.2) is 84.5 Å². The molecule has 0 spiro atoms. The number of rotatable bonds is 4. The summed E-state index contributed by atoms with van der Waals surface area (Å²) in [6.07, 6.45) is 0. The summed E-state index contributed by atoms with van der Waals surface area (Å²) in [6, 6.07) is -0.487. The topological polar surface area (TPSA) is 64.1 Å². The predicted molar refractivity (Wildman–Crippen MR) is 63.8 cm³/mol. The number of nitrogens with zero attached hydrogens (tertiary/aromatic N) is 3. The van der Waals surface area contributed by atoms with E-state index in [0.29, 0.717) is 32.7 Å². The molecule has 1 fully saturated rings. The number of hydrogen-bond donors (Lipinski definition) is 1. The smallest absolute Gasteiger partial charge is 0.322 e. The van der Waals surface area contributed by atoms with Crippen molar-refractivity contribution in [3.05, 3.63) is 0 Å². The Morgan fingerprint density at radius 3 is 2.12 bits per heavy atom. The summed E-state index contributed by atoms with van der Waals surface area (Å²) < 4.78 is 0. The van der Waals surface area contributed by atoms with Crippen LogP contribution < -0.4 is 0 Å². The van der Waals surface area contributed by atoms with Gasteiger partial charge in [-0.2, -0.15) is 0 Å². The highest BCUT2D eigenvalue weighted by Gasteiger charge is 2.29. The number of carbonyl (C=O) groups is 2. The predicted octanol–water partition coefficient (Wildman–Crippen LogP) is -0.835. The van der Waals surface area contributed by atoms with E-state index in [1.54, 1.807) is 11.8 Å². The van der Waals surface area contributed by atoms with Crippen LogP contribution >= 0.6 is 0 Å². The first-order valence-electron chi connectivity index (χ1n) is 5.79. The fraction of sp³-hybridized carbons (Fsp3) is 0.818. The van der Waals surface area contributed by atoms with Crippen molar-refractivity contribution in [1.82, 2.24) is 14.7 Å². The molecule has 17 heavy (non-hydrogen) atoms. The lowest BCUT2D eigenvalue weighted by Crippen LogP contribution is -2.56. The van der Waals surface area contributed by atoms with Crippen LogP contribution in [-0.2, 0) is 9.59 Å². The molecule has 0 aliphatic carbocycles. The number of aliphatic carboxylic acids is 1. The van der Waals surface area contributed by atoms with Crippen LogP contribution in [0.1, 0.15) is 6.92 Å². The van der Waals surface area contributed by atoms with Gasteiger partial charge in [0.2, 0.25) is 5.91 Å². The summed E-state index contributed by atoms with van der Waals surface area (Å²) in [5.41, 5.74) is 0. The van der Waals surface area contributed by atoms with E-state index in [1.165, 1.54) is 0 Å². The number of amides is 1. The maximum absolute atomic E-state index is 11.2. The number of hydrogen-bond acceptors (Lipinski definition) is 4. The third kappa shape index (κ3) is 3.98. The van der Waals surface area contributed by atoms with Gasteiger partial charge in [0.1, 0.15) is 6.04 Å². The van der Waals surface area contributed by atoms with Gasteiger partial charge < -0.3 is 14.9 Å². The van der Waals surface area contributed by atoms with E-state index >= 15 is 0 Å². The molecule has 6 heteroatoms. The molecule has 0 aromatic heterocycles. The minimum Gasteiger partial charge on any atom is -0.480 e. The first-order valence-corrected chi connectivity index (χ1v) is 5.79. The van der Waals surface area contributed by atoms with Crippen LogP contribution in [0.4, 0.5) is 0 Å². The zero-order valence-electron chi connectivity index (χ0n) is 10.7. The van der Waals surface area contributed by atoms with Gasteiger partial charge in [0.05, 0.1) is 0 Å². The molecule has 1 aliphatic rings. The number of piperazine rings is 1. The third-order valence-electron chi connectivity index (χ3n) is 3.02. The number of likely N-dealkylation sites (N-methyl/N-ethyl adjacent to an activating group) is 1. The normalized spacial score (nSPS) is 19.4. The lowest BCUT2D eigenvalue weighted by molar-refractivity contribution is -0.145. The first kappa shape index (κ1) is 13.9. The fourth-order valence-corrected chi connectivity index (χ4v) is 2.04. The Morgan fingerprint density at radius 1 is 1.24 bits per heavy atom. The SMILES string of the molecule is CC(=O)N1CCN(C(CN(C)C)C(=O)O)CC1. The van der Waals surface area contributed by atoms with Crippen molar-refractivity contribution < 1.29 is 14.7 Å². The van der Waals surface area contributed by atoms with E-state index in [4.69, 9.17) is 0 Å². The van der Waals surface area contributed by atoms with Gasteiger partial charge in [-0.25, -0.2) is 0 Å². The van der Waals surface area contributed by atoms with Gasteiger partial charge in [0.15, 0.2) is 0 Å². The lowest BCUT2D eigenvalue weighted by Gasteiger charge is -2.38. The monoisotopic (exact) mass is 243 g/mol. The highest BCUT2D eigenvalue weighted by molar-refractivity contribution is 5.74. The third-order valence-corrected chi connectivity index (χ3v) is 3.02. The zero-order chi connectivity index (χ0) is 13.0. The van der Waals surface area contributed by atoms with Crippen molar-refractivity contribution in [2.24, 2.45) is 0 Å². The molecule has 1 heterocycles. The quantitative estimate of drug-likeness (QED) is 0.698. The molecule has 1 amide bonds. The van der Waals surface area contributed by atoms with Crippen molar-refractivity contribution in [3.63, 3.8) is 0 Å². The molecule has 0 aromatic carbocycles. The van der Waals surface area contributed by atoms with Gasteiger partial charge in [-0.1, -0.05) is 0 Å². The summed E-state index contributed by atoms with van der Waals surface area (Å²) in [5.74, 6) is -0.737. The maximum Gasteiger partial charge on any atom is 0.322 e. The lowest BCUT2D eigenvalue weighted by atomic mass is 10.2. The van der Waals surface area contributed by atoms with Gasteiger partial charge >= 0.3 is 5.97 Å². The number of carboxylic acid groups (broad SMARTS) is 1. The second kappa shape index (κ2) is 5.97. The molecule has 98 valence electrons. The second-order valence-corrected chi connectivity index (χ2v) is 4.66. The fourth-order valence-electron chi connectivity index (χ4n) is 2.04. The molecule has 0 bridgehead atoms. The van der Waals surface area contributed by atoms with Gasteiger partial charge in [-0.3, -0.25) is 14.5 Å². The highest BCUT2D eigenvalue weighted by Crippen LogP contribution is 2.08. The average molecular weight is 243 g/mol. The van der Waals surface area contributed by atoms with Crippen LogP contribution in [0.3, 0.4) is 0 Å². The summed E-state index contributed by atoms with van der Waals surface area (Å²) >= 11 is 0. The minimum absolute atomic E-state index is 0.0594. The molecular formula is C11H21N3O3. The van der Waals surface area contributed by atoms with E-state index < -0.39 is 12.0 Å². The van der Waals surface area contributed by atoms with E-state index in [9.17, 15) is 14.7 Å². The zero-order valence-corrected chi connectivity index (χ0v) is 10.7. The Balaban J connectivity index is 2.54. The van der Waals surface area contributed by atoms with Crippen molar-refractivity contribution in [2.75, 3.05) is 46.8 Å². The molecule has 1 N–H and O–H groups in total. The molecule has 1 atom stereocenters. The minimum atomic E-state index is -0.796. The molecule has 1 saturated heterocycles. The molecule has 0 radical (unpaired) electrons. The Bertz CT molecular complexity index is 286. The van der Waals surface area contributed by atoms with Gasteiger partial charge in [0.25, 0.3) is 0 Å². The summed E-state index contributed by atoms with van der Waals surface area (Å²) in [7, 11) is 3.73. The van der Waals surface area contributed by atoms with Crippen LogP contribution in [0.15, 0.2) is 0 Å². The molecule has 1 aliphatic heterocycles.